The van der Waals surface area contributed by atoms with Gasteiger partial charge in [-0.25, -0.2) is 9.97 Å². The molecule has 2 heterocycles. The van der Waals surface area contributed by atoms with E-state index in [-0.39, 0.29) is 11.9 Å². The fourth-order valence-electron chi connectivity index (χ4n) is 1.44. The van der Waals surface area contributed by atoms with Crippen LogP contribution in [-0.4, -0.2) is 15.9 Å². The zero-order valence-corrected chi connectivity index (χ0v) is 11.0. The van der Waals surface area contributed by atoms with Gasteiger partial charge in [0.05, 0.1) is 17.9 Å². The van der Waals surface area contributed by atoms with E-state index >= 15 is 0 Å². The molecule has 0 spiro atoms. The molecular formula is C12H14N4OS. The SMILES string of the molecule is Cc1cnc(C(C)NC(=O)c2ccc(N)cn2)s1. The van der Waals surface area contributed by atoms with Crippen molar-refractivity contribution < 1.29 is 4.79 Å². The standard InChI is InChI=1S/C12H14N4OS/c1-7-5-15-12(18-7)8(2)16-11(17)10-4-3-9(13)6-14-10/h3-6,8H,13H2,1-2H3,(H,16,17). The molecule has 94 valence electrons. The number of nitrogens with one attached hydrogen (secondary N) is 1. The normalized spacial score (nSPS) is 12.1. The highest BCUT2D eigenvalue weighted by Gasteiger charge is 2.14. The molecular weight excluding hydrogens is 248 g/mol. The van der Waals surface area contributed by atoms with Crippen LogP contribution in [0.3, 0.4) is 0 Å². The number of carbonyl (C=O) groups excluding carboxylic acids is 1. The fourth-order valence-corrected chi connectivity index (χ4v) is 2.22. The third kappa shape index (κ3) is 2.84. The summed E-state index contributed by atoms with van der Waals surface area (Å²) in [4.78, 5) is 21.2. The third-order valence-corrected chi connectivity index (χ3v) is 3.47. The van der Waals surface area contributed by atoms with Crippen molar-refractivity contribution in [2.24, 2.45) is 0 Å². The summed E-state index contributed by atoms with van der Waals surface area (Å²) in [5.74, 6) is -0.227. The first kappa shape index (κ1) is 12.5. The minimum atomic E-state index is -0.227. The zero-order chi connectivity index (χ0) is 13.1. The quantitative estimate of drug-likeness (QED) is 0.885. The first-order valence-corrected chi connectivity index (χ1v) is 6.32. The average molecular weight is 262 g/mol. The fraction of sp³-hybridized carbons (Fsp3) is 0.250. The van der Waals surface area contributed by atoms with Gasteiger partial charge in [-0.1, -0.05) is 0 Å². The highest BCUT2D eigenvalue weighted by atomic mass is 32.1. The van der Waals surface area contributed by atoms with Crippen molar-refractivity contribution in [2.45, 2.75) is 19.9 Å². The molecule has 0 radical (unpaired) electrons. The molecule has 6 heteroatoms. The molecule has 1 unspecified atom stereocenters. The van der Waals surface area contributed by atoms with Crippen molar-refractivity contribution in [1.29, 1.82) is 0 Å². The van der Waals surface area contributed by atoms with Crippen LogP contribution in [0.5, 0.6) is 0 Å². The van der Waals surface area contributed by atoms with Crippen LogP contribution < -0.4 is 11.1 Å². The second-order valence-electron chi connectivity index (χ2n) is 3.98. The Morgan fingerprint density at radius 3 is 2.72 bits per heavy atom. The first-order valence-electron chi connectivity index (χ1n) is 5.51. The number of hydrogen-bond donors (Lipinski definition) is 2. The van der Waals surface area contributed by atoms with E-state index in [1.807, 2.05) is 13.8 Å². The van der Waals surface area contributed by atoms with Crippen LogP contribution >= 0.6 is 11.3 Å². The Morgan fingerprint density at radius 1 is 1.39 bits per heavy atom. The maximum Gasteiger partial charge on any atom is 0.270 e. The van der Waals surface area contributed by atoms with Gasteiger partial charge in [0.2, 0.25) is 0 Å². The molecule has 0 aliphatic carbocycles. The highest BCUT2D eigenvalue weighted by molar-refractivity contribution is 7.11. The molecule has 0 fully saturated rings. The molecule has 0 saturated carbocycles. The predicted octanol–water partition coefficient (Wildman–Crippen LogP) is 1.92. The molecule has 2 aromatic rings. The maximum absolute atomic E-state index is 11.9. The number of anilines is 1. The van der Waals surface area contributed by atoms with Crippen molar-refractivity contribution >= 4 is 22.9 Å². The van der Waals surface area contributed by atoms with Crippen LogP contribution in [0.15, 0.2) is 24.5 Å². The number of nitrogen functional groups attached to an aromatic ring is 1. The Labute approximate surface area is 109 Å². The summed E-state index contributed by atoms with van der Waals surface area (Å²) >= 11 is 1.57. The van der Waals surface area contributed by atoms with Crippen LogP contribution in [-0.2, 0) is 0 Å². The number of hydrogen-bond acceptors (Lipinski definition) is 5. The summed E-state index contributed by atoms with van der Waals surface area (Å²) in [5.41, 5.74) is 6.41. The minimum absolute atomic E-state index is 0.129. The second kappa shape index (κ2) is 5.14. The Bertz CT molecular complexity index is 549. The van der Waals surface area contributed by atoms with Gasteiger partial charge in [0, 0.05) is 11.1 Å². The molecule has 0 bridgehead atoms. The van der Waals surface area contributed by atoms with E-state index in [0.717, 1.165) is 9.88 Å². The number of aromatic nitrogens is 2. The van der Waals surface area contributed by atoms with Gasteiger partial charge in [-0.05, 0) is 26.0 Å². The lowest BCUT2D eigenvalue weighted by Crippen LogP contribution is -2.27. The van der Waals surface area contributed by atoms with Crippen molar-refractivity contribution in [2.75, 3.05) is 5.73 Å². The largest absolute Gasteiger partial charge is 0.397 e. The molecule has 3 N–H and O–H groups in total. The third-order valence-electron chi connectivity index (χ3n) is 2.38. The number of amides is 1. The van der Waals surface area contributed by atoms with Crippen molar-refractivity contribution in [3.63, 3.8) is 0 Å². The maximum atomic E-state index is 11.9. The lowest BCUT2D eigenvalue weighted by molar-refractivity contribution is 0.0935. The Kier molecular flexibility index (Phi) is 3.57. The molecule has 0 aromatic carbocycles. The summed E-state index contributed by atoms with van der Waals surface area (Å²) in [6.45, 7) is 3.88. The van der Waals surface area contributed by atoms with E-state index < -0.39 is 0 Å². The van der Waals surface area contributed by atoms with E-state index in [0.29, 0.717) is 11.4 Å². The van der Waals surface area contributed by atoms with E-state index in [9.17, 15) is 4.79 Å². The summed E-state index contributed by atoms with van der Waals surface area (Å²) in [5, 5.41) is 3.74. The molecule has 0 aliphatic heterocycles. The lowest BCUT2D eigenvalue weighted by Gasteiger charge is -2.10. The number of nitrogens with zero attached hydrogens (tertiary/aromatic N) is 2. The van der Waals surface area contributed by atoms with Gasteiger partial charge >= 0.3 is 0 Å². The van der Waals surface area contributed by atoms with Gasteiger partial charge in [-0.2, -0.15) is 0 Å². The number of nitrogens with two attached hydrogens (primary N) is 1. The number of rotatable bonds is 3. The van der Waals surface area contributed by atoms with Crippen LogP contribution in [0.1, 0.15) is 33.3 Å². The van der Waals surface area contributed by atoms with Crippen molar-refractivity contribution in [3.8, 4) is 0 Å². The average Bonchev–Trinajstić information content (AvgIpc) is 2.76. The van der Waals surface area contributed by atoms with Gasteiger partial charge in [-0.3, -0.25) is 4.79 Å². The van der Waals surface area contributed by atoms with E-state index in [1.54, 1.807) is 29.7 Å². The molecule has 1 atom stereocenters. The van der Waals surface area contributed by atoms with E-state index in [4.69, 9.17) is 5.73 Å². The number of aryl methyl sites for hydroxylation is 1. The monoisotopic (exact) mass is 262 g/mol. The number of pyridine rings is 1. The lowest BCUT2D eigenvalue weighted by atomic mass is 10.3. The minimum Gasteiger partial charge on any atom is -0.397 e. The van der Waals surface area contributed by atoms with Gasteiger partial charge in [-0.15, -0.1) is 11.3 Å². The summed E-state index contributed by atoms with van der Waals surface area (Å²) in [6, 6.07) is 3.13. The summed E-state index contributed by atoms with van der Waals surface area (Å²) in [7, 11) is 0. The Morgan fingerprint density at radius 2 is 2.17 bits per heavy atom. The second-order valence-corrected chi connectivity index (χ2v) is 5.25. The van der Waals surface area contributed by atoms with E-state index in [2.05, 4.69) is 15.3 Å². The van der Waals surface area contributed by atoms with E-state index in [1.165, 1.54) is 6.20 Å². The van der Waals surface area contributed by atoms with Crippen molar-refractivity contribution in [1.82, 2.24) is 15.3 Å². The molecule has 0 saturated heterocycles. The van der Waals surface area contributed by atoms with Crippen molar-refractivity contribution in [3.05, 3.63) is 40.1 Å². The number of thiazole rings is 1. The van der Waals surface area contributed by atoms with Crippen LogP contribution in [0.2, 0.25) is 0 Å². The van der Waals surface area contributed by atoms with Gasteiger partial charge in [0.15, 0.2) is 0 Å². The Balaban J connectivity index is 2.05. The Hall–Kier alpha value is -1.95. The number of carbonyl (C=O) groups is 1. The molecule has 18 heavy (non-hydrogen) atoms. The molecule has 2 rings (SSSR count). The summed E-state index contributed by atoms with van der Waals surface area (Å²) < 4.78 is 0. The van der Waals surface area contributed by atoms with Gasteiger partial charge < -0.3 is 11.1 Å². The van der Waals surface area contributed by atoms with Crippen LogP contribution in [0, 0.1) is 6.92 Å². The molecule has 1 amide bonds. The van der Waals surface area contributed by atoms with Crippen LogP contribution in [0.4, 0.5) is 5.69 Å². The first-order chi connectivity index (χ1) is 8.56. The van der Waals surface area contributed by atoms with Gasteiger partial charge in [0.1, 0.15) is 10.7 Å². The zero-order valence-electron chi connectivity index (χ0n) is 10.2. The predicted molar refractivity (Wildman–Crippen MR) is 71.4 cm³/mol. The molecule has 2 aromatic heterocycles. The smallest absolute Gasteiger partial charge is 0.270 e. The van der Waals surface area contributed by atoms with Gasteiger partial charge in [0.25, 0.3) is 5.91 Å². The highest BCUT2D eigenvalue weighted by Crippen LogP contribution is 2.19. The summed E-state index contributed by atoms with van der Waals surface area (Å²) in [6.07, 6.45) is 3.26. The van der Waals surface area contributed by atoms with Crippen LogP contribution in [0.25, 0.3) is 0 Å². The molecule has 0 aliphatic rings. The topological polar surface area (TPSA) is 80.9 Å². The molecule has 5 nitrogen and oxygen atoms in total.